The third kappa shape index (κ3) is 3.22. The van der Waals surface area contributed by atoms with E-state index in [9.17, 15) is 4.79 Å². The van der Waals surface area contributed by atoms with Crippen molar-refractivity contribution in [3.63, 3.8) is 0 Å². The van der Waals surface area contributed by atoms with E-state index < -0.39 is 0 Å². The summed E-state index contributed by atoms with van der Waals surface area (Å²) < 4.78 is 12.1. The molecule has 2 aromatic rings. The van der Waals surface area contributed by atoms with Crippen LogP contribution in [0.2, 0.25) is 0 Å². The van der Waals surface area contributed by atoms with E-state index in [4.69, 9.17) is 9.47 Å². The van der Waals surface area contributed by atoms with Crippen molar-refractivity contribution in [3.8, 4) is 5.75 Å². The Hall–Kier alpha value is -2.47. The third-order valence-electron chi connectivity index (χ3n) is 4.78. The minimum absolute atomic E-state index is 0.00557. The lowest BCUT2D eigenvalue weighted by atomic mass is 10.0. The average Bonchev–Trinajstić information content (AvgIpc) is 3.01. The highest BCUT2D eigenvalue weighted by molar-refractivity contribution is 5.94. The van der Waals surface area contributed by atoms with Crippen molar-refractivity contribution in [2.24, 2.45) is 0 Å². The number of amides is 1. The van der Waals surface area contributed by atoms with Crippen LogP contribution < -0.4 is 4.74 Å². The van der Waals surface area contributed by atoms with Gasteiger partial charge in [-0.05, 0) is 43.5 Å². The molecule has 2 aliphatic heterocycles. The Morgan fingerprint density at radius 2 is 2.24 bits per heavy atom. The molecule has 3 atom stereocenters. The molecule has 2 fully saturated rings. The number of ether oxygens (including phenoxy) is 2. The zero-order chi connectivity index (χ0) is 17.2. The highest BCUT2D eigenvalue weighted by Crippen LogP contribution is 2.32. The number of carbonyl (C=O) groups excluding carboxylic acids is 1. The number of pyridine rings is 2. The van der Waals surface area contributed by atoms with Crippen molar-refractivity contribution in [2.75, 3.05) is 13.2 Å². The van der Waals surface area contributed by atoms with E-state index in [1.54, 1.807) is 24.8 Å². The molecule has 2 aromatic heterocycles. The number of aryl methyl sites for hydroxylation is 1. The summed E-state index contributed by atoms with van der Waals surface area (Å²) in [5.74, 6) is 0.695. The molecular weight excluding hydrogens is 318 g/mol. The molecule has 25 heavy (non-hydrogen) atoms. The van der Waals surface area contributed by atoms with Crippen LogP contribution in [0.25, 0.3) is 0 Å². The first kappa shape index (κ1) is 16.0. The molecule has 2 aliphatic rings. The Balaban J connectivity index is 1.57. The van der Waals surface area contributed by atoms with Gasteiger partial charge in [0, 0.05) is 25.2 Å². The van der Waals surface area contributed by atoms with Crippen LogP contribution >= 0.6 is 0 Å². The number of rotatable bonds is 3. The largest absolute Gasteiger partial charge is 0.484 e. The van der Waals surface area contributed by atoms with E-state index in [2.05, 4.69) is 9.97 Å². The van der Waals surface area contributed by atoms with Crippen molar-refractivity contribution in [2.45, 2.75) is 38.0 Å². The van der Waals surface area contributed by atoms with Gasteiger partial charge in [0.1, 0.15) is 18.0 Å². The van der Waals surface area contributed by atoms with E-state index in [-0.39, 0.29) is 24.2 Å². The SMILES string of the molecule is Cc1cncc(C(=O)N2C[C@@H](Oc3cccnc3)[C@@H]3OCCC[C@@H]32)c1. The number of hydrogen-bond donors (Lipinski definition) is 0. The number of nitrogens with zero attached hydrogens (tertiary/aromatic N) is 3. The summed E-state index contributed by atoms with van der Waals surface area (Å²) in [4.78, 5) is 23.1. The summed E-state index contributed by atoms with van der Waals surface area (Å²) in [5.41, 5.74) is 1.59. The Morgan fingerprint density at radius 3 is 3.04 bits per heavy atom. The molecule has 4 rings (SSSR count). The van der Waals surface area contributed by atoms with Gasteiger partial charge in [-0.15, -0.1) is 0 Å². The van der Waals surface area contributed by atoms with Gasteiger partial charge in [0.05, 0.1) is 24.3 Å². The molecule has 0 unspecified atom stereocenters. The van der Waals surface area contributed by atoms with Gasteiger partial charge >= 0.3 is 0 Å². The van der Waals surface area contributed by atoms with Crippen molar-refractivity contribution < 1.29 is 14.3 Å². The fourth-order valence-electron chi connectivity index (χ4n) is 3.68. The number of carbonyl (C=O) groups is 1. The highest BCUT2D eigenvalue weighted by atomic mass is 16.5. The highest BCUT2D eigenvalue weighted by Gasteiger charge is 2.47. The van der Waals surface area contributed by atoms with Gasteiger partial charge in [-0.3, -0.25) is 14.8 Å². The number of likely N-dealkylation sites (tertiary alicyclic amines) is 1. The number of fused-ring (bicyclic) bond motifs is 1. The van der Waals surface area contributed by atoms with Crippen molar-refractivity contribution >= 4 is 5.91 Å². The lowest BCUT2D eigenvalue weighted by molar-refractivity contribution is -0.0447. The molecule has 6 heteroatoms. The Morgan fingerprint density at radius 1 is 1.32 bits per heavy atom. The molecule has 4 heterocycles. The van der Waals surface area contributed by atoms with Gasteiger partial charge in [-0.25, -0.2) is 0 Å². The zero-order valence-corrected chi connectivity index (χ0v) is 14.2. The quantitative estimate of drug-likeness (QED) is 0.858. The average molecular weight is 339 g/mol. The molecule has 0 aliphatic carbocycles. The van der Waals surface area contributed by atoms with Crippen LogP contribution in [0.1, 0.15) is 28.8 Å². The van der Waals surface area contributed by atoms with Crippen LogP contribution in [0, 0.1) is 6.92 Å². The smallest absolute Gasteiger partial charge is 0.255 e. The zero-order valence-electron chi connectivity index (χ0n) is 14.2. The fourth-order valence-corrected chi connectivity index (χ4v) is 3.68. The maximum Gasteiger partial charge on any atom is 0.255 e. The first-order valence-electron chi connectivity index (χ1n) is 8.63. The van der Waals surface area contributed by atoms with E-state index >= 15 is 0 Å². The van der Waals surface area contributed by atoms with Crippen LogP contribution in [-0.4, -0.2) is 52.2 Å². The molecule has 2 saturated heterocycles. The van der Waals surface area contributed by atoms with Gasteiger partial charge in [-0.1, -0.05) is 0 Å². The monoisotopic (exact) mass is 339 g/mol. The second-order valence-corrected chi connectivity index (χ2v) is 6.60. The molecule has 0 bridgehead atoms. The normalized spacial score (nSPS) is 25.5. The van der Waals surface area contributed by atoms with Crippen LogP contribution in [-0.2, 0) is 4.74 Å². The summed E-state index contributed by atoms with van der Waals surface area (Å²) in [7, 11) is 0. The summed E-state index contributed by atoms with van der Waals surface area (Å²) in [6.45, 7) is 3.16. The van der Waals surface area contributed by atoms with E-state index in [0.717, 1.165) is 18.4 Å². The predicted octanol–water partition coefficient (Wildman–Crippen LogP) is 2.24. The molecule has 0 saturated carbocycles. The van der Waals surface area contributed by atoms with Crippen LogP contribution in [0.4, 0.5) is 0 Å². The minimum atomic E-state index is -0.184. The lowest BCUT2D eigenvalue weighted by Crippen LogP contribution is -2.44. The Kier molecular flexibility index (Phi) is 4.36. The van der Waals surface area contributed by atoms with Crippen molar-refractivity contribution in [1.82, 2.24) is 14.9 Å². The molecule has 0 spiro atoms. The van der Waals surface area contributed by atoms with Gasteiger partial charge in [0.15, 0.2) is 0 Å². The van der Waals surface area contributed by atoms with Gasteiger partial charge in [0.25, 0.3) is 5.91 Å². The third-order valence-corrected chi connectivity index (χ3v) is 4.78. The maximum atomic E-state index is 13.0. The van der Waals surface area contributed by atoms with Gasteiger partial charge in [0.2, 0.25) is 0 Å². The second-order valence-electron chi connectivity index (χ2n) is 6.60. The van der Waals surface area contributed by atoms with Crippen molar-refractivity contribution in [1.29, 1.82) is 0 Å². The predicted molar refractivity (Wildman–Crippen MR) is 91.4 cm³/mol. The first-order valence-corrected chi connectivity index (χ1v) is 8.63. The van der Waals surface area contributed by atoms with Gasteiger partial charge < -0.3 is 14.4 Å². The van der Waals surface area contributed by atoms with E-state index in [0.29, 0.717) is 24.5 Å². The van der Waals surface area contributed by atoms with Gasteiger partial charge in [-0.2, -0.15) is 0 Å². The maximum absolute atomic E-state index is 13.0. The van der Waals surface area contributed by atoms with E-state index in [1.165, 1.54) is 0 Å². The minimum Gasteiger partial charge on any atom is -0.484 e. The molecular formula is C19H21N3O3. The van der Waals surface area contributed by atoms with Crippen molar-refractivity contribution in [3.05, 3.63) is 54.1 Å². The standard InChI is InChI=1S/C19H21N3O3/c1-13-8-14(10-21-9-13)19(23)22-12-17(18-16(22)5-3-7-24-18)25-15-4-2-6-20-11-15/h2,4,6,8-11,16-18H,3,5,7,12H2,1H3/t16-,17+,18+/m0/s1. The summed E-state index contributed by atoms with van der Waals surface area (Å²) >= 11 is 0. The first-order chi connectivity index (χ1) is 12.2. The second kappa shape index (κ2) is 6.80. The molecule has 0 radical (unpaired) electrons. The van der Waals surface area contributed by atoms with Crippen LogP contribution in [0.15, 0.2) is 43.0 Å². The summed E-state index contributed by atoms with van der Waals surface area (Å²) in [5, 5.41) is 0. The molecule has 1 amide bonds. The number of hydrogen-bond acceptors (Lipinski definition) is 5. The summed E-state index contributed by atoms with van der Waals surface area (Å²) in [6, 6.07) is 5.64. The van der Waals surface area contributed by atoms with E-state index in [1.807, 2.05) is 30.0 Å². The number of aromatic nitrogens is 2. The van der Waals surface area contributed by atoms with Crippen LogP contribution in [0.3, 0.4) is 0 Å². The Labute approximate surface area is 146 Å². The molecule has 130 valence electrons. The van der Waals surface area contributed by atoms with Crippen LogP contribution in [0.5, 0.6) is 5.75 Å². The molecule has 0 N–H and O–H groups in total. The molecule has 0 aromatic carbocycles. The fraction of sp³-hybridized carbons (Fsp3) is 0.421. The Bertz CT molecular complexity index is 753. The topological polar surface area (TPSA) is 64.6 Å². The summed E-state index contributed by atoms with van der Waals surface area (Å²) in [6.07, 6.45) is 8.38. The lowest BCUT2D eigenvalue weighted by Gasteiger charge is -2.32. The molecule has 6 nitrogen and oxygen atoms in total.